The van der Waals surface area contributed by atoms with Crippen LogP contribution < -0.4 is 5.73 Å². The van der Waals surface area contributed by atoms with Crippen LogP contribution >= 0.6 is 0 Å². The van der Waals surface area contributed by atoms with Crippen molar-refractivity contribution in [3.05, 3.63) is 36.2 Å². The number of nitrogens with zero attached hydrogens (tertiary/aromatic N) is 3. The Labute approximate surface area is 98.0 Å². The molecule has 1 heterocycles. The smallest absolute Gasteiger partial charge is 0.311 e. The van der Waals surface area contributed by atoms with Crippen LogP contribution in [-0.4, -0.2) is 28.1 Å². The average Bonchev–Trinajstić information content (AvgIpc) is 2.78. The molecule has 0 aliphatic heterocycles. The van der Waals surface area contributed by atoms with E-state index in [1.54, 1.807) is 16.8 Å². The molecule has 0 atom stereocenters. The topological polar surface area (TPSA) is 83.0 Å². The number of aromatic nitrogens is 3. The summed E-state index contributed by atoms with van der Waals surface area (Å²) < 4.78 is 6.19. The minimum Gasteiger partial charge on any atom is -0.469 e. The minimum atomic E-state index is -0.330. The highest BCUT2D eigenvalue weighted by Gasteiger charge is 2.10. The van der Waals surface area contributed by atoms with Crippen molar-refractivity contribution in [2.24, 2.45) is 0 Å². The SMILES string of the molecule is COC(=O)Cc1cnnn1-c1ccc(N)cc1. The zero-order valence-electron chi connectivity index (χ0n) is 9.33. The molecule has 0 fully saturated rings. The summed E-state index contributed by atoms with van der Waals surface area (Å²) >= 11 is 0. The maximum atomic E-state index is 11.2. The van der Waals surface area contributed by atoms with E-state index in [-0.39, 0.29) is 12.4 Å². The third-order valence-electron chi connectivity index (χ3n) is 2.31. The van der Waals surface area contributed by atoms with Gasteiger partial charge in [-0.3, -0.25) is 4.79 Å². The summed E-state index contributed by atoms with van der Waals surface area (Å²) in [5.74, 6) is -0.330. The molecule has 0 unspecified atom stereocenters. The first kappa shape index (κ1) is 11.1. The highest BCUT2D eigenvalue weighted by atomic mass is 16.5. The van der Waals surface area contributed by atoms with Crippen molar-refractivity contribution in [1.29, 1.82) is 0 Å². The summed E-state index contributed by atoms with van der Waals surface area (Å²) in [6.07, 6.45) is 1.67. The second-order valence-corrected chi connectivity index (χ2v) is 3.48. The number of carbonyl (C=O) groups excluding carboxylic acids is 1. The lowest BCUT2D eigenvalue weighted by Crippen LogP contribution is -2.10. The van der Waals surface area contributed by atoms with Crippen LogP contribution in [0, 0.1) is 0 Å². The molecule has 88 valence electrons. The van der Waals surface area contributed by atoms with E-state index in [0.29, 0.717) is 11.4 Å². The molecule has 1 aromatic carbocycles. The summed E-state index contributed by atoms with van der Waals surface area (Å²) in [5.41, 5.74) is 7.74. The average molecular weight is 232 g/mol. The van der Waals surface area contributed by atoms with Crippen LogP contribution in [0.5, 0.6) is 0 Å². The standard InChI is InChI=1S/C11H12N4O2/c1-17-11(16)6-10-7-13-14-15(10)9-4-2-8(12)3-5-9/h2-5,7H,6,12H2,1H3. The summed E-state index contributed by atoms with van der Waals surface area (Å²) in [6, 6.07) is 7.15. The second-order valence-electron chi connectivity index (χ2n) is 3.48. The van der Waals surface area contributed by atoms with Gasteiger partial charge in [-0.05, 0) is 24.3 Å². The lowest BCUT2D eigenvalue weighted by molar-refractivity contribution is -0.139. The monoisotopic (exact) mass is 232 g/mol. The Morgan fingerprint density at radius 3 is 2.76 bits per heavy atom. The molecule has 0 radical (unpaired) electrons. The predicted octanol–water partition coefficient (Wildman–Crippen LogP) is 0.565. The number of esters is 1. The van der Waals surface area contributed by atoms with E-state index in [4.69, 9.17) is 5.73 Å². The van der Waals surface area contributed by atoms with Gasteiger partial charge in [0.15, 0.2) is 0 Å². The molecular weight excluding hydrogens is 220 g/mol. The normalized spacial score (nSPS) is 10.2. The number of hydrogen-bond donors (Lipinski definition) is 1. The zero-order chi connectivity index (χ0) is 12.3. The van der Waals surface area contributed by atoms with Gasteiger partial charge >= 0.3 is 5.97 Å². The molecule has 6 nitrogen and oxygen atoms in total. The van der Waals surface area contributed by atoms with Gasteiger partial charge in [0.25, 0.3) is 0 Å². The molecule has 0 spiro atoms. The van der Waals surface area contributed by atoms with Gasteiger partial charge in [0, 0.05) is 5.69 Å². The molecule has 17 heavy (non-hydrogen) atoms. The number of carbonyl (C=O) groups is 1. The number of nitrogen functional groups attached to an aromatic ring is 1. The molecule has 0 aliphatic carbocycles. The fourth-order valence-corrected chi connectivity index (χ4v) is 1.43. The number of nitrogens with two attached hydrogens (primary N) is 1. The highest BCUT2D eigenvalue weighted by molar-refractivity contribution is 5.71. The van der Waals surface area contributed by atoms with E-state index < -0.39 is 0 Å². The Balaban J connectivity index is 2.30. The van der Waals surface area contributed by atoms with Gasteiger partial charge in [-0.15, -0.1) is 5.10 Å². The second kappa shape index (κ2) is 4.65. The molecule has 2 N–H and O–H groups in total. The van der Waals surface area contributed by atoms with Gasteiger partial charge in [0.05, 0.1) is 31.1 Å². The Kier molecular flexibility index (Phi) is 3.04. The van der Waals surface area contributed by atoms with Gasteiger partial charge < -0.3 is 10.5 Å². The Morgan fingerprint density at radius 2 is 2.12 bits per heavy atom. The maximum absolute atomic E-state index is 11.2. The number of hydrogen-bond acceptors (Lipinski definition) is 5. The van der Waals surface area contributed by atoms with Crippen LogP contribution in [0.3, 0.4) is 0 Å². The van der Waals surface area contributed by atoms with Crippen molar-refractivity contribution in [2.75, 3.05) is 12.8 Å². The molecule has 2 aromatic rings. The summed E-state index contributed by atoms with van der Waals surface area (Å²) in [7, 11) is 1.35. The highest BCUT2D eigenvalue weighted by Crippen LogP contribution is 2.12. The van der Waals surface area contributed by atoms with Gasteiger partial charge in [-0.1, -0.05) is 5.21 Å². The van der Waals surface area contributed by atoms with Crippen molar-refractivity contribution in [1.82, 2.24) is 15.0 Å². The number of anilines is 1. The zero-order valence-corrected chi connectivity index (χ0v) is 9.33. The van der Waals surface area contributed by atoms with Crippen molar-refractivity contribution < 1.29 is 9.53 Å². The van der Waals surface area contributed by atoms with Crippen molar-refractivity contribution in [3.63, 3.8) is 0 Å². The number of rotatable bonds is 3. The maximum Gasteiger partial charge on any atom is 0.311 e. The molecule has 0 saturated heterocycles. The van der Waals surface area contributed by atoms with Gasteiger partial charge in [-0.25, -0.2) is 4.68 Å². The van der Waals surface area contributed by atoms with E-state index in [1.807, 2.05) is 12.1 Å². The molecule has 0 amide bonds. The number of methoxy groups -OCH3 is 1. The minimum absolute atomic E-state index is 0.133. The third-order valence-corrected chi connectivity index (χ3v) is 2.31. The molecule has 6 heteroatoms. The van der Waals surface area contributed by atoms with Gasteiger partial charge in [-0.2, -0.15) is 0 Å². The molecule has 0 saturated carbocycles. The van der Waals surface area contributed by atoms with Crippen molar-refractivity contribution in [2.45, 2.75) is 6.42 Å². The van der Waals surface area contributed by atoms with Crippen molar-refractivity contribution >= 4 is 11.7 Å². The molecule has 2 rings (SSSR count). The molecule has 0 bridgehead atoms. The van der Waals surface area contributed by atoms with Crippen molar-refractivity contribution in [3.8, 4) is 5.69 Å². The van der Waals surface area contributed by atoms with Gasteiger partial charge in [0.1, 0.15) is 0 Å². The van der Waals surface area contributed by atoms with Crippen LogP contribution in [0.25, 0.3) is 5.69 Å². The number of benzene rings is 1. The predicted molar refractivity (Wildman–Crippen MR) is 61.5 cm³/mol. The lowest BCUT2D eigenvalue weighted by atomic mass is 10.2. The molecule has 0 aliphatic rings. The van der Waals surface area contributed by atoms with Crippen LogP contribution in [0.1, 0.15) is 5.69 Å². The summed E-state index contributed by atoms with van der Waals surface area (Å²) in [5, 5.41) is 7.70. The summed E-state index contributed by atoms with van der Waals surface area (Å²) in [4.78, 5) is 11.2. The van der Waals surface area contributed by atoms with Crippen LogP contribution in [0.4, 0.5) is 5.69 Å². The number of ether oxygens (including phenoxy) is 1. The van der Waals surface area contributed by atoms with Crippen LogP contribution in [0.2, 0.25) is 0 Å². The fraction of sp³-hybridized carbons (Fsp3) is 0.182. The summed E-state index contributed by atoms with van der Waals surface area (Å²) in [6.45, 7) is 0. The molecule has 1 aromatic heterocycles. The van der Waals surface area contributed by atoms with E-state index >= 15 is 0 Å². The quantitative estimate of drug-likeness (QED) is 0.617. The van der Waals surface area contributed by atoms with E-state index in [0.717, 1.165) is 5.69 Å². The van der Waals surface area contributed by atoms with E-state index in [9.17, 15) is 4.79 Å². The first-order valence-corrected chi connectivity index (χ1v) is 5.03. The largest absolute Gasteiger partial charge is 0.469 e. The Hall–Kier alpha value is -2.37. The first-order valence-electron chi connectivity index (χ1n) is 5.03. The lowest BCUT2D eigenvalue weighted by Gasteiger charge is -2.05. The third kappa shape index (κ3) is 2.41. The van der Waals surface area contributed by atoms with Gasteiger partial charge in [0.2, 0.25) is 0 Å². The molecular formula is C11H12N4O2. The Bertz CT molecular complexity index is 519. The van der Waals surface area contributed by atoms with E-state index in [2.05, 4.69) is 15.0 Å². The Morgan fingerprint density at radius 1 is 1.41 bits per heavy atom. The first-order chi connectivity index (χ1) is 8.20. The van der Waals surface area contributed by atoms with Crippen LogP contribution in [0.15, 0.2) is 30.5 Å². The van der Waals surface area contributed by atoms with E-state index in [1.165, 1.54) is 13.3 Å². The fourth-order valence-electron chi connectivity index (χ4n) is 1.43. The van der Waals surface area contributed by atoms with Crippen LogP contribution in [-0.2, 0) is 16.0 Å².